The van der Waals surface area contributed by atoms with E-state index in [4.69, 9.17) is 9.47 Å². The Kier molecular flexibility index (Phi) is 11.1. The van der Waals surface area contributed by atoms with Crippen LogP contribution in [0.2, 0.25) is 0 Å². The normalized spacial score (nSPS) is 33.7. The van der Waals surface area contributed by atoms with Crippen LogP contribution in [0.3, 0.4) is 0 Å². The van der Waals surface area contributed by atoms with Crippen LogP contribution in [-0.4, -0.2) is 67.6 Å². The zero-order valence-electron chi connectivity index (χ0n) is 29.9. The Morgan fingerprint density at radius 1 is 1.06 bits per heavy atom. The largest absolute Gasteiger partial charge is 0.464 e. The van der Waals surface area contributed by atoms with Gasteiger partial charge in [-0.1, -0.05) is 39.0 Å². The summed E-state index contributed by atoms with van der Waals surface area (Å²) in [6.07, 6.45) is 8.64. The molecule has 282 valence electrons. The van der Waals surface area contributed by atoms with Crippen molar-refractivity contribution in [1.29, 1.82) is 0 Å². The minimum atomic E-state index is -4.24. The van der Waals surface area contributed by atoms with Crippen molar-refractivity contribution in [3.8, 4) is 5.88 Å². The summed E-state index contributed by atoms with van der Waals surface area (Å²) in [6.45, 7) is 6.66. The number of sulfone groups is 1. The van der Waals surface area contributed by atoms with Gasteiger partial charge in [0.2, 0.25) is 5.91 Å². The van der Waals surface area contributed by atoms with Gasteiger partial charge in [0.25, 0.3) is 9.84 Å². The Bertz CT molecular complexity index is 1650. The van der Waals surface area contributed by atoms with Gasteiger partial charge in [0.1, 0.15) is 6.54 Å². The van der Waals surface area contributed by atoms with E-state index in [1.807, 2.05) is 0 Å². The fourth-order valence-electron chi connectivity index (χ4n) is 10.7. The van der Waals surface area contributed by atoms with Gasteiger partial charge in [-0.3, -0.25) is 14.2 Å². The van der Waals surface area contributed by atoms with Crippen LogP contribution >= 0.6 is 0 Å². The van der Waals surface area contributed by atoms with Crippen molar-refractivity contribution in [2.24, 2.45) is 46.3 Å². The lowest BCUT2D eigenvalue weighted by Crippen LogP contribution is -2.58. The molecular weight excluding hydrogens is 678 g/mol. The molecule has 2 aromatic rings. The van der Waals surface area contributed by atoms with Crippen molar-refractivity contribution in [2.75, 3.05) is 19.8 Å². The third-order valence-electron chi connectivity index (χ3n) is 13.3. The highest BCUT2D eigenvalue weighted by Crippen LogP contribution is 2.68. The van der Waals surface area contributed by atoms with Crippen LogP contribution in [-0.2, 0) is 24.2 Å². The van der Waals surface area contributed by atoms with Crippen molar-refractivity contribution in [3.63, 3.8) is 0 Å². The van der Waals surface area contributed by atoms with Crippen molar-refractivity contribution in [2.45, 2.75) is 114 Å². The number of carbonyl (C=O) groups is 2. The first-order valence-electron chi connectivity index (χ1n) is 18.6. The van der Waals surface area contributed by atoms with Crippen molar-refractivity contribution in [3.05, 3.63) is 35.5 Å². The molecule has 1 amide bonds. The first-order chi connectivity index (χ1) is 24.3. The lowest BCUT2D eigenvalue weighted by Gasteiger charge is -2.62. The third-order valence-corrected chi connectivity index (χ3v) is 15.0. The van der Waals surface area contributed by atoms with E-state index in [1.54, 1.807) is 6.07 Å². The number of rotatable bonds is 13. The highest BCUT2D eigenvalue weighted by Gasteiger charge is 2.62. The van der Waals surface area contributed by atoms with E-state index in [0.29, 0.717) is 48.3 Å². The molecule has 0 spiro atoms. The summed E-state index contributed by atoms with van der Waals surface area (Å²) >= 11 is 0. The predicted molar refractivity (Wildman–Crippen MR) is 182 cm³/mol. The average molecular weight is 732 g/mol. The minimum absolute atomic E-state index is 0.0541. The maximum Gasteiger partial charge on any atom is 0.414 e. The van der Waals surface area contributed by atoms with Crippen LogP contribution in [0.15, 0.2) is 44.9 Å². The van der Waals surface area contributed by atoms with E-state index >= 15 is 0 Å². The fraction of sp³-hybridized carbons (Fsp3) is 0.730. The van der Waals surface area contributed by atoms with Crippen molar-refractivity contribution < 1.29 is 47.2 Å². The standard InChI is InChI=1S/C37H53N3O10S/c1-23(27-11-12-28-33-29(15-17-37(27,28)3)36(2)16-14-25(41)20-24(36)21-30(33)42)10-13-31(43)38-22-32(44)48-18-7-19-49-34-35(40(45)50-39-34)51(46,47)26-8-5-4-6-9-26/h4-6,8-9,23-25,27-30,33,41-42H,7,10-22H2,1-3H3,(H,38,43)/t23-,24+,25-,27-,28+,29+,30+,33?,36+,37-/m1/s1. The summed E-state index contributed by atoms with van der Waals surface area (Å²) < 4.78 is 40.7. The Hall–Kier alpha value is -3.23. The zero-order chi connectivity index (χ0) is 36.6. The minimum Gasteiger partial charge on any atom is -0.464 e. The van der Waals surface area contributed by atoms with Crippen LogP contribution in [0.1, 0.15) is 91.4 Å². The molecule has 0 bridgehead atoms. The molecule has 0 radical (unpaired) electrons. The molecule has 4 saturated carbocycles. The number of nitrogens with zero attached hydrogens (tertiary/aromatic N) is 2. The topological polar surface area (TPSA) is 192 Å². The number of ether oxygens (including phenoxy) is 2. The third kappa shape index (κ3) is 7.37. The van der Waals surface area contributed by atoms with Crippen LogP contribution in [0.5, 0.6) is 5.88 Å². The quantitative estimate of drug-likeness (QED) is 0.153. The molecule has 3 N–H and O–H groups in total. The predicted octanol–water partition coefficient (Wildman–Crippen LogP) is 3.98. The van der Waals surface area contributed by atoms with E-state index in [2.05, 4.69) is 35.9 Å². The van der Waals surface area contributed by atoms with Crippen LogP contribution in [0, 0.1) is 51.5 Å². The molecule has 1 heterocycles. The molecule has 14 heteroatoms. The summed E-state index contributed by atoms with van der Waals surface area (Å²) in [5, 5.41) is 39.2. The molecule has 4 fully saturated rings. The second-order valence-corrected chi connectivity index (χ2v) is 17.9. The van der Waals surface area contributed by atoms with Gasteiger partial charge >= 0.3 is 16.9 Å². The number of carbonyl (C=O) groups excluding carboxylic acids is 2. The summed E-state index contributed by atoms with van der Waals surface area (Å²) in [5.41, 5.74) is 0.323. The highest BCUT2D eigenvalue weighted by molar-refractivity contribution is 7.91. The summed E-state index contributed by atoms with van der Waals surface area (Å²) in [7, 11) is -4.24. The van der Waals surface area contributed by atoms with E-state index in [1.165, 1.54) is 24.3 Å². The molecule has 10 atom stereocenters. The number of nitrogens with one attached hydrogen (secondary N) is 1. The molecule has 4 aliphatic carbocycles. The fourth-order valence-corrected chi connectivity index (χ4v) is 12.0. The molecule has 4 aliphatic rings. The van der Waals surface area contributed by atoms with Gasteiger partial charge in [-0.25, -0.2) is 8.42 Å². The average Bonchev–Trinajstić information content (AvgIpc) is 3.66. The maximum absolute atomic E-state index is 12.9. The number of esters is 1. The van der Waals surface area contributed by atoms with Gasteiger partial charge in [0, 0.05) is 12.8 Å². The maximum atomic E-state index is 12.9. The summed E-state index contributed by atoms with van der Waals surface area (Å²) in [6, 6.07) is 7.35. The number of aliphatic hydroxyl groups is 2. The zero-order valence-corrected chi connectivity index (χ0v) is 30.7. The number of fused-ring (bicyclic) bond motifs is 5. The number of aromatic nitrogens is 2. The highest BCUT2D eigenvalue weighted by atomic mass is 32.2. The monoisotopic (exact) mass is 731 g/mol. The number of hydrogen-bond donors (Lipinski definition) is 3. The van der Waals surface area contributed by atoms with E-state index in [0.717, 1.165) is 51.4 Å². The van der Waals surface area contributed by atoms with Gasteiger partial charge in [-0.2, -0.15) is 0 Å². The first-order valence-corrected chi connectivity index (χ1v) is 20.0. The Labute approximate surface area is 299 Å². The second kappa shape index (κ2) is 15.0. The molecule has 51 heavy (non-hydrogen) atoms. The Morgan fingerprint density at radius 2 is 1.78 bits per heavy atom. The Morgan fingerprint density at radius 3 is 2.55 bits per heavy atom. The van der Waals surface area contributed by atoms with E-state index < -0.39 is 26.7 Å². The number of hydrogen-bond acceptors (Lipinski definition) is 11. The second-order valence-electron chi connectivity index (χ2n) is 16.0. The molecule has 13 nitrogen and oxygen atoms in total. The van der Waals surface area contributed by atoms with Gasteiger partial charge in [0.15, 0.2) is 0 Å². The lowest BCUT2D eigenvalue weighted by molar-refractivity contribution is -0.832. The molecule has 1 unspecified atom stereocenters. The van der Waals surface area contributed by atoms with Gasteiger partial charge in [-0.15, -0.1) is 0 Å². The van der Waals surface area contributed by atoms with Gasteiger partial charge < -0.3 is 30.2 Å². The molecule has 1 aromatic carbocycles. The van der Waals surface area contributed by atoms with Crippen LogP contribution in [0.25, 0.3) is 0 Å². The first kappa shape index (κ1) is 37.5. The molecule has 0 saturated heterocycles. The molecule has 0 aliphatic heterocycles. The molecule has 1 aromatic heterocycles. The van der Waals surface area contributed by atoms with Gasteiger partial charge in [-0.05, 0) is 121 Å². The van der Waals surface area contributed by atoms with E-state index in [9.17, 15) is 33.4 Å². The Balaban J connectivity index is 0.910. The van der Waals surface area contributed by atoms with Crippen LogP contribution in [0.4, 0.5) is 0 Å². The molecule has 6 rings (SSSR count). The lowest BCUT2D eigenvalue weighted by atomic mass is 9.43. The van der Waals surface area contributed by atoms with Crippen molar-refractivity contribution >= 4 is 21.7 Å². The summed E-state index contributed by atoms with van der Waals surface area (Å²) in [4.78, 5) is 24.7. The smallest absolute Gasteiger partial charge is 0.414 e. The van der Waals surface area contributed by atoms with Crippen LogP contribution < -0.4 is 15.0 Å². The number of amides is 1. The number of benzene rings is 1. The molecular formula is C37H53N3O10S. The number of aliphatic hydroxyl groups excluding tert-OH is 2. The summed E-state index contributed by atoms with van der Waals surface area (Å²) in [5.74, 6) is 1.15. The SMILES string of the molecule is C[C@H](CCC(=O)NCC(=O)OCCCOc1no[n+]([O-])c1S(=O)(=O)c1ccccc1)[C@H]1CC[C@H]2C3[C@@H](O)C[C@@H]4C[C@H](O)CC[C@]4(C)[C@H]3CC[C@]12C. The van der Waals surface area contributed by atoms with Gasteiger partial charge in [0.05, 0.1) is 35.5 Å². The van der Waals surface area contributed by atoms with E-state index in [-0.39, 0.29) is 64.9 Å². The van der Waals surface area contributed by atoms with Crippen molar-refractivity contribution in [1.82, 2.24) is 10.5 Å².